The van der Waals surface area contributed by atoms with Crippen LogP contribution in [0.5, 0.6) is 0 Å². The Balaban J connectivity index is 2.17. The Labute approximate surface area is 102 Å². The molecule has 0 bridgehead atoms. The number of benzene rings is 1. The van der Waals surface area contributed by atoms with Crippen LogP contribution in [-0.4, -0.2) is 15.1 Å². The summed E-state index contributed by atoms with van der Waals surface area (Å²) >= 11 is 5.71. The molecule has 0 aliphatic carbocycles. The summed E-state index contributed by atoms with van der Waals surface area (Å²) in [4.78, 5) is 10.4. The van der Waals surface area contributed by atoms with E-state index in [-0.39, 0.29) is 5.69 Å². The summed E-state index contributed by atoms with van der Waals surface area (Å²) in [5.41, 5.74) is 1.30. The Kier molecular flexibility index (Phi) is 3.24. The first-order chi connectivity index (χ1) is 8.16. The topological polar surface area (TPSA) is 83.8 Å². The summed E-state index contributed by atoms with van der Waals surface area (Å²) in [5.74, 6) is 0. The Morgan fingerprint density at radius 3 is 3.00 bits per heavy atom. The zero-order valence-electron chi connectivity index (χ0n) is 8.68. The van der Waals surface area contributed by atoms with Crippen molar-refractivity contribution in [3.8, 4) is 0 Å². The standard InChI is InChI=1S/C10H9ClN4O2/c11-8-1-2-9(10(3-8)15(16)17)12-4-7-5-13-14-6-7/h1-3,5-6,12H,4H2,(H,13,14). The van der Waals surface area contributed by atoms with Gasteiger partial charge in [-0.05, 0) is 12.1 Å². The second-order valence-electron chi connectivity index (χ2n) is 3.38. The van der Waals surface area contributed by atoms with Crippen LogP contribution in [0.4, 0.5) is 11.4 Å². The average Bonchev–Trinajstić information content (AvgIpc) is 2.80. The van der Waals surface area contributed by atoms with E-state index in [0.717, 1.165) is 5.56 Å². The predicted molar refractivity (Wildman–Crippen MR) is 64.0 cm³/mol. The lowest BCUT2D eigenvalue weighted by Gasteiger charge is -2.05. The number of halogens is 1. The first-order valence-corrected chi connectivity index (χ1v) is 5.20. The molecule has 0 unspecified atom stereocenters. The van der Waals surface area contributed by atoms with E-state index in [4.69, 9.17) is 11.6 Å². The molecule has 0 spiro atoms. The van der Waals surface area contributed by atoms with Crippen molar-refractivity contribution < 1.29 is 4.92 Å². The SMILES string of the molecule is O=[N+]([O-])c1cc(Cl)ccc1NCc1cn[nH]c1. The number of hydrogen-bond acceptors (Lipinski definition) is 4. The highest BCUT2D eigenvalue weighted by Gasteiger charge is 2.13. The fourth-order valence-electron chi connectivity index (χ4n) is 1.38. The molecular weight excluding hydrogens is 244 g/mol. The Hall–Kier alpha value is -2.08. The molecule has 0 saturated carbocycles. The number of nitrogens with zero attached hydrogens (tertiary/aromatic N) is 2. The van der Waals surface area contributed by atoms with Crippen molar-refractivity contribution in [3.63, 3.8) is 0 Å². The molecule has 1 aromatic carbocycles. The third-order valence-corrected chi connectivity index (χ3v) is 2.43. The smallest absolute Gasteiger partial charge is 0.293 e. The van der Waals surface area contributed by atoms with Gasteiger partial charge in [0.2, 0.25) is 0 Å². The molecule has 0 saturated heterocycles. The van der Waals surface area contributed by atoms with Gasteiger partial charge in [-0.1, -0.05) is 11.6 Å². The second kappa shape index (κ2) is 4.84. The van der Waals surface area contributed by atoms with Gasteiger partial charge in [0.1, 0.15) is 5.69 Å². The van der Waals surface area contributed by atoms with Gasteiger partial charge in [0.05, 0.1) is 11.1 Å². The van der Waals surface area contributed by atoms with Gasteiger partial charge < -0.3 is 5.32 Å². The minimum atomic E-state index is -0.469. The van der Waals surface area contributed by atoms with Crippen molar-refractivity contribution in [2.45, 2.75) is 6.54 Å². The maximum Gasteiger partial charge on any atom is 0.293 e. The van der Waals surface area contributed by atoms with Crippen LogP contribution in [0, 0.1) is 10.1 Å². The van der Waals surface area contributed by atoms with Gasteiger partial charge in [0.25, 0.3) is 5.69 Å². The van der Waals surface area contributed by atoms with Crippen LogP contribution in [0.25, 0.3) is 0 Å². The van der Waals surface area contributed by atoms with Crippen LogP contribution in [-0.2, 0) is 6.54 Å². The van der Waals surface area contributed by atoms with Crippen LogP contribution in [0.2, 0.25) is 5.02 Å². The number of hydrogen-bond donors (Lipinski definition) is 2. The summed E-state index contributed by atoms with van der Waals surface area (Å²) in [6.45, 7) is 0.457. The lowest BCUT2D eigenvalue weighted by atomic mass is 10.2. The molecule has 0 atom stereocenters. The van der Waals surface area contributed by atoms with Crippen LogP contribution >= 0.6 is 11.6 Å². The van der Waals surface area contributed by atoms with Crippen molar-refractivity contribution in [1.29, 1.82) is 0 Å². The molecule has 7 heteroatoms. The van der Waals surface area contributed by atoms with Crippen molar-refractivity contribution in [2.75, 3.05) is 5.32 Å². The largest absolute Gasteiger partial charge is 0.375 e. The van der Waals surface area contributed by atoms with Gasteiger partial charge in [-0.15, -0.1) is 0 Å². The number of nitro benzene ring substituents is 1. The van der Waals surface area contributed by atoms with Crippen LogP contribution in [0.3, 0.4) is 0 Å². The van der Waals surface area contributed by atoms with Crippen molar-refractivity contribution in [1.82, 2.24) is 10.2 Å². The van der Waals surface area contributed by atoms with E-state index in [1.54, 1.807) is 24.5 Å². The fourth-order valence-corrected chi connectivity index (χ4v) is 1.54. The molecule has 0 aliphatic heterocycles. The molecule has 0 aliphatic rings. The molecule has 0 radical (unpaired) electrons. The van der Waals surface area contributed by atoms with Crippen LogP contribution in [0.1, 0.15) is 5.56 Å². The highest BCUT2D eigenvalue weighted by molar-refractivity contribution is 6.30. The van der Waals surface area contributed by atoms with E-state index in [9.17, 15) is 10.1 Å². The molecular formula is C10H9ClN4O2. The zero-order valence-corrected chi connectivity index (χ0v) is 9.44. The van der Waals surface area contributed by atoms with Gasteiger partial charge in [0, 0.05) is 29.4 Å². The zero-order chi connectivity index (χ0) is 12.3. The third kappa shape index (κ3) is 2.73. The maximum atomic E-state index is 10.8. The molecule has 2 rings (SSSR count). The summed E-state index contributed by atoms with van der Waals surface area (Å²) in [5, 5.41) is 20.6. The molecule has 6 nitrogen and oxygen atoms in total. The third-order valence-electron chi connectivity index (χ3n) is 2.19. The van der Waals surface area contributed by atoms with Crippen molar-refractivity contribution in [3.05, 3.63) is 51.3 Å². The predicted octanol–water partition coefficient (Wildman–Crippen LogP) is 2.58. The maximum absolute atomic E-state index is 10.8. The van der Waals surface area contributed by atoms with Crippen molar-refractivity contribution >= 4 is 23.0 Å². The van der Waals surface area contributed by atoms with Gasteiger partial charge >= 0.3 is 0 Å². The van der Waals surface area contributed by atoms with Gasteiger partial charge in [0.15, 0.2) is 0 Å². The highest BCUT2D eigenvalue weighted by Crippen LogP contribution is 2.27. The minimum absolute atomic E-state index is 0.0407. The highest BCUT2D eigenvalue weighted by atomic mass is 35.5. The first kappa shape index (κ1) is 11.4. The summed E-state index contributed by atoms with van der Waals surface area (Å²) in [6.07, 6.45) is 3.36. The van der Waals surface area contributed by atoms with Gasteiger partial charge in [-0.25, -0.2) is 0 Å². The number of nitrogens with one attached hydrogen (secondary N) is 2. The van der Waals surface area contributed by atoms with Gasteiger partial charge in [-0.3, -0.25) is 15.2 Å². The molecule has 0 amide bonds. The molecule has 1 heterocycles. The minimum Gasteiger partial charge on any atom is -0.375 e. The van der Waals surface area contributed by atoms with E-state index in [2.05, 4.69) is 15.5 Å². The van der Waals surface area contributed by atoms with Crippen LogP contribution in [0.15, 0.2) is 30.6 Å². The quantitative estimate of drug-likeness (QED) is 0.647. The number of rotatable bonds is 4. The number of anilines is 1. The summed E-state index contributed by atoms with van der Waals surface area (Å²) in [6, 6.07) is 4.51. The number of aromatic amines is 1. The van der Waals surface area contributed by atoms with E-state index < -0.39 is 4.92 Å². The molecule has 2 N–H and O–H groups in total. The van der Waals surface area contributed by atoms with Crippen molar-refractivity contribution in [2.24, 2.45) is 0 Å². The summed E-state index contributed by atoms with van der Waals surface area (Å²) < 4.78 is 0. The normalized spacial score (nSPS) is 10.2. The molecule has 0 fully saturated rings. The molecule has 17 heavy (non-hydrogen) atoms. The lowest BCUT2D eigenvalue weighted by molar-refractivity contribution is -0.383. The van der Waals surface area contributed by atoms with Crippen LogP contribution < -0.4 is 5.32 Å². The van der Waals surface area contributed by atoms with E-state index in [0.29, 0.717) is 17.3 Å². The van der Waals surface area contributed by atoms with E-state index in [1.165, 1.54) is 6.07 Å². The van der Waals surface area contributed by atoms with Gasteiger partial charge in [-0.2, -0.15) is 5.10 Å². The van der Waals surface area contributed by atoms with E-state index in [1.807, 2.05) is 0 Å². The summed E-state index contributed by atoms with van der Waals surface area (Å²) in [7, 11) is 0. The second-order valence-corrected chi connectivity index (χ2v) is 3.82. The Morgan fingerprint density at radius 2 is 2.35 bits per heavy atom. The average molecular weight is 253 g/mol. The van der Waals surface area contributed by atoms with E-state index >= 15 is 0 Å². The first-order valence-electron chi connectivity index (χ1n) is 4.82. The fraction of sp³-hybridized carbons (Fsp3) is 0.100. The Morgan fingerprint density at radius 1 is 1.53 bits per heavy atom. The molecule has 88 valence electrons. The molecule has 1 aromatic heterocycles. The number of H-pyrrole nitrogens is 1. The number of nitro groups is 1. The Bertz CT molecular complexity index is 527. The monoisotopic (exact) mass is 252 g/mol. The lowest BCUT2D eigenvalue weighted by Crippen LogP contribution is -2.01. The molecule has 2 aromatic rings. The number of aromatic nitrogens is 2.